The van der Waals surface area contributed by atoms with Crippen molar-refractivity contribution in [1.29, 1.82) is 0 Å². The van der Waals surface area contributed by atoms with E-state index in [0.29, 0.717) is 13.1 Å². The average molecular weight is 560 g/mol. The lowest BCUT2D eigenvalue weighted by Gasteiger charge is -2.25. The molecule has 39 heavy (non-hydrogen) atoms. The molecule has 0 heterocycles. The number of sulfonamides is 1. The fourth-order valence-electron chi connectivity index (χ4n) is 4.11. The third kappa shape index (κ3) is 8.40. The van der Waals surface area contributed by atoms with Crippen molar-refractivity contribution in [2.45, 2.75) is 50.3 Å². The van der Waals surface area contributed by atoms with Gasteiger partial charge in [-0.25, -0.2) is 21.5 Å². The SMILES string of the molecule is CCc1cccc(CNC[C@@H](O)[C@H](Cc2cc(F)cc(F)c2)NC(=O)c2ccc(S(=O)(=O)N(C)CC)cc2)c1. The molecule has 3 rings (SSSR count). The van der Waals surface area contributed by atoms with Crippen LogP contribution >= 0.6 is 0 Å². The fourth-order valence-corrected chi connectivity index (χ4v) is 5.29. The Morgan fingerprint density at radius 2 is 1.59 bits per heavy atom. The van der Waals surface area contributed by atoms with Crippen LogP contribution in [0.5, 0.6) is 0 Å². The van der Waals surface area contributed by atoms with E-state index in [4.69, 9.17) is 0 Å². The number of nitrogens with one attached hydrogen (secondary N) is 2. The molecule has 10 heteroatoms. The van der Waals surface area contributed by atoms with E-state index < -0.39 is 39.7 Å². The van der Waals surface area contributed by atoms with E-state index in [2.05, 4.69) is 23.6 Å². The molecule has 7 nitrogen and oxygen atoms in total. The minimum absolute atomic E-state index is 0.0255. The maximum atomic E-state index is 13.8. The van der Waals surface area contributed by atoms with Crippen molar-refractivity contribution >= 4 is 15.9 Å². The van der Waals surface area contributed by atoms with Crippen LogP contribution in [0.4, 0.5) is 8.78 Å². The summed E-state index contributed by atoms with van der Waals surface area (Å²) in [7, 11) is -2.21. The molecule has 3 aromatic carbocycles. The Morgan fingerprint density at radius 3 is 2.21 bits per heavy atom. The highest BCUT2D eigenvalue weighted by Crippen LogP contribution is 2.16. The quantitative estimate of drug-likeness (QED) is 0.297. The summed E-state index contributed by atoms with van der Waals surface area (Å²) >= 11 is 0. The molecular formula is C29H35F2N3O4S. The summed E-state index contributed by atoms with van der Waals surface area (Å²) in [6.07, 6.45) is -0.216. The molecule has 0 unspecified atom stereocenters. The Labute approximate surface area is 228 Å². The van der Waals surface area contributed by atoms with Gasteiger partial charge in [0.2, 0.25) is 10.0 Å². The highest BCUT2D eigenvalue weighted by atomic mass is 32.2. The minimum atomic E-state index is -3.67. The van der Waals surface area contributed by atoms with E-state index in [1.807, 2.05) is 18.2 Å². The number of halogens is 2. The first-order valence-electron chi connectivity index (χ1n) is 12.8. The smallest absolute Gasteiger partial charge is 0.251 e. The van der Waals surface area contributed by atoms with Gasteiger partial charge in [0.25, 0.3) is 5.91 Å². The molecule has 0 saturated carbocycles. The zero-order valence-electron chi connectivity index (χ0n) is 22.3. The monoisotopic (exact) mass is 559 g/mol. The van der Waals surface area contributed by atoms with Crippen LogP contribution < -0.4 is 10.6 Å². The van der Waals surface area contributed by atoms with Crippen LogP contribution in [0.25, 0.3) is 0 Å². The standard InChI is InChI=1S/C29H35F2N3O4S/c1-4-20-7-6-8-21(13-20)18-32-19-28(35)27(16-22-14-24(30)17-25(31)15-22)33-29(36)23-9-11-26(12-10-23)39(37,38)34(3)5-2/h6-15,17,27-28,32,35H,4-5,16,18-19H2,1-3H3,(H,33,36)/t27-,28+/m0/s1. The highest BCUT2D eigenvalue weighted by Gasteiger charge is 2.24. The maximum absolute atomic E-state index is 13.8. The van der Waals surface area contributed by atoms with Gasteiger partial charge in [0, 0.05) is 38.3 Å². The van der Waals surface area contributed by atoms with E-state index in [1.54, 1.807) is 6.92 Å². The van der Waals surface area contributed by atoms with E-state index in [0.717, 1.165) is 30.2 Å². The zero-order valence-corrected chi connectivity index (χ0v) is 23.1. The number of carbonyl (C=O) groups excluding carboxylic acids is 1. The Hall–Kier alpha value is -3.18. The molecule has 0 aliphatic heterocycles. The molecule has 1 amide bonds. The van der Waals surface area contributed by atoms with Gasteiger partial charge in [-0.05, 0) is 65.9 Å². The second-order valence-corrected chi connectivity index (χ2v) is 11.4. The number of rotatable bonds is 13. The van der Waals surface area contributed by atoms with Crippen molar-refractivity contribution in [3.63, 3.8) is 0 Å². The summed E-state index contributed by atoms with van der Waals surface area (Å²) in [6.45, 7) is 4.67. The van der Waals surface area contributed by atoms with Crippen LogP contribution in [0.1, 0.15) is 40.9 Å². The van der Waals surface area contributed by atoms with Crippen molar-refractivity contribution in [3.05, 3.63) is 101 Å². The molecule has 2 atom stereocenters. The Kier molecular flexibility index (Phi) is 10.7. The van der Waals surface area contributed by atoms with Gasteiger partial charge in [0.1, 0.15) is 11.6 Å². The van der Waals surface area contributed by atoms with Crippen LogP contribution in [0.2, 0.25) is 0 Å². The summed E-state index contributed by atoms with van der Waals surface area (Å²) in [5.41, 5.74) is 2.68. The topological polar surface area (TPSA) is 98.7 Å². The molecule has 0 aliphatic rings. The molecular weight excluding hydrogens is 524 g/mol. The number of aryl methyl sites for hydroxylation is 1. The van der Waals surface area contributed by atoms with Crippen LogP contribution in [-0.4, -0.2) is 56.0 Å². The molecule has 3 N–H and O–H groups in total. The van der Waals surface area contributed by atoms with Crippen LogP contribution in [0.15, 0.2) is 71.6 Å². The largest absolute Gasteiger partial charge is 0.390 e. The first-order valence-corrected chi connectivity index (χ1v) is 14.3. The molecule has 0 radical (unpaired) electrons. The molecule has 0 aliphatic carbocycles. The maximum Gasteiger partial charge on any atom is 0.251 e. The van der Waals surface area contributed by atoms with Crippen molar-refractivity contribution in [3.8, 4) is 0 Å². The summed E-state index contributed by atoms with van der Waals surface area (Å²) < 4.78 is 53.9. The first-order chi connectivity index (χ1) is 18.5. The predicted octanol–water partition coefficient (Wildman–Crippen LogP) is 3.66. The zero-order chi connectivity index (χ0) is 28.6. The van der Waals surface area contributed by atoms with E-state index in [9.17, 15) is 27.1 Å². The average Bonchev–Trinajstić information content (AvgIpc) is 2.91. The fraction of sp³-hybridized carbons (Fsp3) is 0.345. The summed E-state index contributed by atoms with van der Waals surface area (Å²) in [5.74, 6) is -2.07. The van der Waals surface area contributed by atoms with Crippen molar-refractivity contribution in [2.24, 2.45) is 0 Å². The molecule has 210 valence electrons. The molecule has 0 saturated heterocycles. The Morgan fingerprint density at radius 1 is 0.949 bits per heavy atom. The minimum Gasteiger partial charge on any atom is -0.390 e. The summed E-state index contributed by atoms with van der Waals surface area (Å²) in [4.78, 5) is 13.1. The number of carbonyl (C=O) groups is 1. The van der Waals surface area contributed by atoms with Gasteiger partial charge in [-0.15, -0.1) is 0 Å². The van der Waals surface area contributed by atoms with Crippen LogP contribution in [0.3, 0.4) is 0 Å². The lowest BCUT2D eigenvalue weighted by atomic mass is 10.00. The van der Waals surface area contributed by atoms with Gasteiger partial charge < -0.3 is 15.7 Å². The molecule has 0 aromatic heterocycles. The summed E-state index contributed by atoms with van der Waals surface area (Å²) in [5, 5.41) is 16.9. The number of nitrogens with zero attached hydrogens (tertiary/aromatic N) is 1. The van der Waals surface area contributed by atoms with E-state index in [1.165, 1.54) is 41.2 Å². The van der Waals surface area contributed by atoms with E-state index >= 15 is 0 Å². The van der Waals surface area contributed by atoms with Crippen LogP contribution in [0, 0.1) is 11.6 Å². The molecule has 0 bridgehead atoms. The van der Waals surface area contributed by atoms with Gasteiger partial charge in [-0.2, -0.15) is 0 Å². The second-order valence-electron chi connectivity index (χ2n) is 9.38. The number of hydrogen-bond acceptors (Lipinski definition) is 5. The normalized spacial score (nSPS) is 13.3. The Balaban J connectivity index is 1.74. The van der Waals surface area contributed by atoms with Gasteiger partial charge in [0.05, 0.1) is 17.0 Å². The second kappa shape index (κ2) is 13.7. The number of amides is 1. The molecule has 3 aromatic rings. The number of hydrogen-bond donors (Lipinski definition) is 3. The first kappa shape index (κ1) is 30.4. The van der Waals surface area contributed by atoms with Crippen molar-refractivity contribution in [1.82, 2.24) is 14.9 Å². The van der Waals surface area contributed by atoms with Gasteiger partial charge in [-0.3, -0.25) is 4.79 Å². The lowest BCUT2D eigenvalue weighted by Crippen LogP contribution is -2.48. The van der Waals surface area contributed by atoms with Gasteiger partial charge in [0.15, 0.2) is 0 Å². The Bertz CT molecular complexity index is 1350. The van der Waals surface area contributed by atoms with Crippen molar-refractivity contribution in [2.75, 3.05) is 20.1 Å². The van der Waals surface area contributed by atoms with Crippen LogP contribution in [-0.2, 0) is 29.4 Å². The summed E-state index contributed by atoms with van der Waals surface area (Å²) in [6, 6.07) is 15.7. The third-order valence-corrected chi connectivity index (χ3v) is 8.46. The van der Waals surface area contributed by atoms with Gasteiger partial charge >= 0.3 is 0 Å². The molecule has 0 spiro atoms. The number of aliphatic hydroxyl groups excluding tert-OH is 1. The predicted molar refractivity (Wildman–Crippen MR) is 147 cm³/mol. The lowest BCUT2D eigenvalue weighted by molar-refractivity contribution is 0.0829. The third-order valence-electron chi connectivity index (χ3n) is 6.51. The van der Waals surface area contributed by atoms with Crippen molar-refractivity contribution < 1.29 is 27.1 Å². The van der Waals surface area contributed by atoms with Gasteiger partial charge in [-0.1, -0.05) is 38.1 Å². The molecule has 0 fully saturated rings. The van der Waals surface area contributed by atoms with E-state index in [-0.39, 0.29) is 29.0 Å². The highest BCUT2D eigenvalue weighted by molar-refractivity contribution is 7.89. The number of benzene rings is 3. The number of aliphatic hydroxyl groups is 1.